The molecule has 8 heteroatoms. The first-order valence-electron chi connectivity index (χ1n) is 7.73. The normalized spacial score (nSPS) is 10.8. The fourth-order valence-electron chi connectivity index (χ4n) is 2.58. The van der Waals surface area contributed by atoms with Gasteiger partial charge in [0.05, 0.1) is 12.0 Å². The SMILES string of the molecule is Cc1cc(C)c2c(N)c(C(=O)NNC(=O)CCc3ccco3)sc2n1. The number of nitrogen functional groups attached to an aromatic ring is 1. The van der Waals surface area contributed by atoms with Crippen molar-refractivity contribution >= 4 is 39.1 Å². The van der Waals surface area contributed by atoms with E-state index in [0.29, 0.717) is 27.6 Å². The fourth-order valence-corrected chi connectivity index (χ4v) is 3.69. The van der Waals surface area contributed by atoms with Crippen LogP contribution in [0.25, 0.3) is 10.2 Å². The molecule has 130 valence electrons. The number of hydrazine groups is 1. The van der Waals surface area contributed by atoms with Crippen molar-refractivity contribution < 1.29 is 14.0 Å². The Morgan fingerprint density at radius 3 is 2.84 bits per heavy atom. The van der Waals surface area contributed by atoms with E-state index in [1.807, 2.05) is 19.9 Å². The summed E-state index contributed by atoms with van der Waals surface area (Å²) in [6.07, 6.45) is 2.22. The highest BCUT2D eigenvalue weighted by atomic mass is 32.1. The number of amides is 2. The highest BCUT2D eigenvalue weighted by Gasteiger charge is 2.19. The van der Waals surface area contributed by atoms with E-state index in [1.165, 1.54) is 11.3 Å². The van der Waals surface area contributed by atoms with Crippen LogP contribution >= 0.6 is 11.3 Å². The lowest BCUT2D eigenvalue weighted by molar-refractivity contribution is -0.121. The van der Waals surface area contributed by atoms with E-state index in [-0.39, 0.29) is 12.3 Å². The van der Waals surface area contributed by atoms with Crippen molar-refractivity contribution in [2.24, 2.45) is 0 Å². The van der Waals surface area contributed by atoms with Crippen LogP contribution in [0.5, 0.6) is 0 Å². The summed E-state index contributed by atoms with van der Waals surface area (Å²) in [4.78, 5) is 29.6. The van der Waals surface area contributed by atoms with Gasteiger partial charge in [-0.1, -0.05) is 0 Å². The number of hydrogen-bond acceptors (Lipinski definition) is 6. The summed E-state index contributed by atoms with van der Waals surface area (Å²) in [6.45, 7) is 3.82. The number of nitrogens with one attached hydrogen (secondary N) is 2. The summed E-state index contributed by atoms with van der Waals surface area (Å²) in [5.74, 6) is -0.0503. The average Bonchev–Trinajstić information content (AvgIpc) is 3.18. The van der Waals surface area contributed by atoms with Crippen LogP contribution in [-0.4, -0.2) is 16.8 Å². The van der Waals surface area contributed by atoms with Crippen molar-refractivity contribution in [3.63, 3.8) is 0 Å². The van der Waals surface area contributed by atoms with Crippen molar-refractivity contribution in [3.05, 3.63) is 46.4 Å². The van der Waals surface area contributed by atoms with Crippen molar-refractivity contribution in [2.45, 2.75) is 26.7 Å². The zero-order chi connectivity index (χ0) is 18.0. The topological polar surface area (TPSA) is 110 Å². The van der Waals surface area contributed by atoms with Gasteiger partial charge in [0.15, 0.2) is 0 Å². The Labute approximate surface area is 148 Å². The van der Waals surface area contributed by atoms with Crippen LogP contribution in [0.2, 0.25) is 0 Å². The van der Waals surface area contributed by atoms with Gasteiger partial charge in [0.1, 0.15) is 15.5 Å². The third kappa shape index (κ3) is 3.63. The van der Waals surface area contributed by atoms with Crippen molar-refractivity contribution in [1.82, 2.24) is 15.8 Å². The van der Waals surface area contributed by atoms with E-state index >= 15 is 0 Å². The standard InChI is InChI=1S/C17H18N4O3S/c1-9-8-10(2)19-17-13(9)14(18)15(25-17)16(23)21-20-12(22)6-5-11-4-3-7-24-11/h3-4,7-8H,5-6,18H2,1-2H3,(H,20,22)(H,21,23). The maximum absolute atomic E-state index is 12.3. The van der Waals surface area contributed by atoms with Crippen LogP contribution in [0.4, 0.5) is 5.69 Å². The van der Waals surface area contributed by atoms with E-state index < -0.39 is 5.91 Å². The molecular formula is C17H18N4O3S. The minimum atomic E-state index is -0.455. The van der Waals surface area contributed by atoms with Gasteiger partial charge in [0.25, 0.3) is 5.91 Å². The third-order valence-electron chi connectivity index (χ3n) is 3.72. The van der Waals surface area contributed by atoms with E-state index in [4.69, 9.17) is 10.2 Å². The molecule has 0 aromatic carbocycles. The van der Waals surface area contributed by atoms with Gasteiger partial charge in [-0.25, -0.2) is 4.98 Å². The quantitative estimate of drug-likeness (QED) is 0.621. The number of nitrogens with two attached hydrogens (primary N) is 1. The van der Waals surface area contributed by atoms with Crippen molar-refractivity contribution in [1.29, 1.82) is 0 Å². The predicted octanol–water partition coefficient (Wildman–Crippen LogP) is 2.48. The maximum atomic E-state index is 12.3. The van der Waals surface area contributed by atoms with Crippen LogP contribution in [0.15, 0.2) is 28.9 Å². The van der Waals surface area contributed by atoms with Gasteiger partial charge in [0.2, 0.25) is 5.91 Å². The molecule has 25 heavy (non-hydrogen) atoms. The number of thiophene rings is 1. The number of anilines is 1. The van der Waals surface area contributed by atoms with Gasteiger partial charge in [-0.2, -0.15) is 0 Å². The van der Waals surface area contributed by atoms with Crippen LogP contribution in [0.1, 0.15) is 33.1 Å². The number of rotatable bonds is 4. The molecule has 3 rings (SSSR count). The number of aryl methyl sites for hydroxylation is 3. The Bertz CT molecular complexity index is 931. The molecule has 0 fully saturated rings. The zero-order valence-corrected chi connectivity index (χ0v) is 14.7. The highest BCUT2D eigenvalue weighted by molar-refractivity contribution is 7.21. The number of pyridine rings is 1. The first-order valence-corrected chi connectivity index (χ1v) is 8.55. The van der Waals surface area contributed by atoms with Crippen LogP contribution in [-0.2, 0) is 11.2 Å². The van der Waals surface area contributed by atoms with E-state index in [2.05, 4.69) is 15.8 Å². The number of furan rings is 1. The molecule has 0 saturated heterocycles. The molecule has 0 aliphatic rings. The molecule has 2 amide bonds. The van der Waals surface area contributed by atoms with Gasteiger partial charge in [0, 0.05) is 23.9 Å². The molecule has 3 aromatic rings. The Morgan fingerprint density at radius 2 is 2.12 bits per heavy atom. The minimum absolute atomic E-state index is 0.204. The van der Waals surface area contributed by atoms with Gasteiger partial charge >= 0.3 is 0 Å². The monoisotopic (exact) mass is 358 g/mol. The maximum Gasteiger partial charge on any atom is 0.281 e. The van der Waals surface area contributed by atoms with Gasteiger partial charge in [-0.05, 0) is 37.6 Å². The highest BCUT2D eigenvalue weighted by Crippen LogP contribution is 2.34. The third-order valence-corrected chi connectivity index (χ3v) is 4.82. The van der Waals surface area contributed by atoms with Crippen LogP contribution in [0.3, 0.4) is 0 Å². The predicted molar refractivity (Wildman–Crippen MR) is 96.1 cm³/mol. The molecule has 0 aliphatic heterocycles. The number of fused-ring (bicyclic) bond motifs is 1. The lowest BCUT2D eigenvalue weighted by Gasteiger charge is -2.06. The summed E-state index contributed by atoms with van der Waals surface area (Å²) in [7, 11) is 0. The molecule has 0 bridgehead atoms. The molecule has 4 N–H and O–H groups in total. The number of aromatic nitrogens is 1. The fraction of sp³-hybridized carbons (Fsp3) is 0.235. The number of nitrogens with zero attached hydrogens (tertiary/aromatic N) is 1. The minimum Gasteiger partial charge on any atom is -0.469 e. The number of hydrogen-bond donors (Lipinski definition) is 3. The Balaban J connectivity index is 1.65. The lowest BCUT2D eigenvalue weighted by atomic mass is 10.1. The summed E-state index contributed by atoms with van der Waals surface area (Å²) < 4.78 is 5.16. The second kappa shape index (κ2) is 6.94. The summed E-state index contributed by atoms with van der Waals surface area (Å²) in [6, 6.07) is 5.47. The molecule has 0 aliphatic carbocycles. The van der Waals surface area contributed by atoms with E-state index in [0.717, 1.165) is 16.6 Å². The molecule has 0 spiro atoms. The van der Waals surface area contributed by atoms with Crippen LogP contribution < -0.4 is 16.6 Å². The molecular weight excluding hydrogens is 340 g/mol. The number of carbonyl (C=O) groups excluding carboxylic acids is 2. The summed E-state index contributed by atoms with van der Waals surface area (Å²) >= 11 is 1.21. The Kier molecular flexibility index (Phi) is 4.71. The molecule has 0 radical (unpaired) electrons. The molecule has 3 heterocycles. The lowest BCUT2D eigenvalue weighted by Crippen LogP contribution is -2.41. The van der Waals surface area contributed by atoms with Crippen LogP contribution in [0, 0.1) is 13.8 Å². The zero-order valence-electron chi connectivity index (χ0n) is 13.9. The average molecular weight is 358 g/mol. The van der Waals surface area contributed by atoms with E-state index in [1.54, 1.807) is 18.4 Å². The summed E-state index contributed by atoms with van der Waals surface area (Å²) in [5, 5.41) is 0.782. The molecule has 3 aromatic heterocycles. The molecule has 7 nitrogen and oxygen atoms in total. The van der Waals surface area contributed by atoms with Gasteiger partial charge in [-0.15, -0.1) is 11.3 Å². The number of carbonyl (C=O) groups is 2. The van der Waals surface area contributed by atoms with Gasteiger partial charge in [-0.3, -0.25) is 20.4 Å². The Morgan fingerprint density at radius 1 is 1.32 bits per heavy atom. The van der Waals surface area contributed by atoms with Crippen molar-refractivity contribution in [2.75, 3.05) is 5.73 Å². The van der Waals surface area contributed by atoms with Crippen molar-refractivity contribution in [3.8, 4) is 0 Å². The molecule has 0 saturated carbocycles. The summed E-state index contributed by atoms with van der Waals surface area (Å²) in [5.41, 5.74) is 13.1. The smallest absolute Gasteiger partial charge is 0.281 e. The molecule has 0 atom stereocenters. The second-order valence-corrected chi connectivity index (χ2v) is 6.69. The molecule has 0 unspecified atom stereocenters. The first-order chi connectivity index (χ1) is 12.0. The van der Waals surface area contributed by atoms with E-state index in [9.17, 15) is 9.59 Å². The Hall–Kier alpha value is -2.87. The van der Waals surface area contributed by atoms with Gasteiger partial charge < -0.3 is 10.2 Å². The second-order valence-electron chi connectivity index (χ2n) is 5.69. The largest absolute Gasteiger partial charge is 0.469 e. The first kappa shape index (κ1) is 17.0.